The average Bonchev–Trinajstić information content (AvgIpc) is 3.34. The molecule has 4 rings (SSSR count). The lowest BCUT2D eigenvalue weighted by Crippen LogP contribution is -2.24. The Hall–Kier alpha value is -3.10. The number of hydrogen-bond donors (Lipinski definition) is 1. The van der Waals surface area contributed by atoms with Crippen LogP contribution in [0.4, 0.5) is 0 Å². The number of H-pyrrole nitrogens is 1. The summed E-state index contributed by atoms with van der Waals surface area (Å²) in [7, 11) is 0. The van der Waals surface area contributed by atoms with Gasteiger partial charge in [0.2, 0.25) is 5.78 Å². The van der Waals surface area contributed by atoms with Crippen LogP contribution in [-0.4, -0.2) is 30.3 Å². The van der Waals surface area contributed by atoms with Gasteiger partial charge in [-0.25, -0.2) is 15.0 Å². The Morgan fingerprint density at radius 3 is 2.85 bits per heavy atom. The summed E-state index contributed by atoms with van der Waals surface area (Å²) >= 11 is 7.15. The minimum absolute atomic E-state index is 0.101. The fraction of sp³-hybridized carbons (Fsp3) is 0. The molecule has 0 atom stereocenters. The van der Waals surface area contributed by atoms with Crippen LogP contribution in [-0.2, 0) is 0 Å². The molecule has 0 radical (unpaired) electrons. The topological polar surface area (TPSA) is 93.5 Å². The van der Waals surface area contributed by atoms with Gasteiger partial charge in [-0.05, 0) is 18.2 Å². The van der Waals surface area contributed by atoms with E-state index in [1.54, 1.807) is 36.0 Å². The standard InChI is InChI=1S/C17H10ClN5O2S/c18-10-1-2-11-12(7-10)22-9-23(17(11)25)13(8-14-19-3-4-20-14)15(24)16-21-5-6-26-16/h1-9H,(H,19,20)/b13-8-. The Bertz CT molecular complexity index is 1180. The van der Waals surface area contributed by atoms with Gasteiger partial charge in [0.05, 0.1) is 10.9 Å². The van der Waals surface area contributed by atoms with Crippen LogP contribution in [0.1, 0.15) is 15.6 Å². The first kappa shape index (κ1) is 16.4. The largest absolute Gasteiger partial charge is 0.345 e. The number of thiazole rings is 1. The highest BCUT2D eigenvalue weighted by Crippen LogP contribution is 2.19. The number of allylic oxidation sites excluding steroid dienone is 1. The monoisotopic (exact) mass is 383 g/mol. The third-order valence-corrected chi connectivity index (χ3v) is 4.64. The van der Waals surface area contributed by atoms with Crippen LogP contribution >= 0.6 is 22.9 Å². The second-order valence-corrected chi connectivity index (χ2v) is 6.58. The number of Topliss-reactive ketones (excluding diaryl/α,β-unsaturated/α-hetero) is 1. The minimum atomic E-state index is -0.395. The van der Waals surface area contributed by atoms with E-state index < -0.39 is 5.78 Å². The van der Waals surface area contributed by atoms with E-state index in [1.165, 1.54) is 34.5 Å². The van der Waals surface area contributed by atoms with E-state index in [0.29, 0.717) is 21.7 Å². The number of halogens is 1. The first-order valence-electron chi connectivity index (χ1n) is 7.46. The van der Waals surface area contributed by atoms with E-state index >= 15 is 0 Å². The lowest BCUT2D eigenvalue weighted by molar-refractivity contribution is 0.105. The molecule has 4 aromatic rings. The van der Waals surface area contributed by atoms with E-state index in [-0.39, 0.29) is 16.3 Å². The predicted octanol–water partition coefficient (Wildman–Crippen LogP) is 3.11. The summed E-state index contributed by atoms with van der Waals surface area (Å²) in [5.41, 5.74) is 0.177. The number of benzene rings is 1. The molecular weight excluding hydrogens is 374 g/mol. The Kier molecular flexibility index (Phi) is 4.19. The van der Waals surface area contributed by atoms with Gasteiger partial charge in [0, 0.05) is 35.1 Å². The van der Waals surface area contributed by atoms with E-state index in [2.05, 4.69) is 19.9 Å². The number of imidazole rings is 1. The second kappa shape index (κ2) is 6.66. The highest BCUT2D eigenvalue weighted by molar-refractivity contribution is 7.12. The number of fused-ring (bicyclic) bond motifs is 1. The van der Waals surface area contributed by atoms with Crippen molar-refractivity contribution in [2.45, 2.75) is 0 Å². The van der Waals surface area contributed by atoms with Gasteiger partial charge in [0.1, 0.15) is 17.8 Å². The highest BCUT2D eigenvalue weighted by atomic mass is 35.5. The van der Waals surface area contributed by atoms with E-state index in [4.69, 9.17) is 11.6 Å². The first-order chi connectivity index (χ1) is 12.6. The van der Waals surface area contributed by atoms with Crippen molar-refractivity contribution in [3.63, 3.8) is 0 Å². The number of hydrogen-bond acceptors (Lipinski definition) is 6. The molecule has 3 aromatic heterocycles. The first-order valence-corrected chi connectivity index (χ1v) is 8.72. The number of nitrogens with one attached hydrogen (secondary N) is 1. The molecule has 0 fully saturated rings. The summed E-state index contributed by atoms with van der Waals surface area (Å²) < 4.78 is 1.20. The van der Waals surface area contributed by atoms with Crippen molar-refractivity contribution in [3.05, 3.63) is 74.7 Å². The van der Waals surface area contributed by atoms with Crippen molar-refractivity contribution in [2.75, 3.05) is 0 Å². The Labute approximate surface area is 155 Å². The molecule has 0 unspecified atom stereocenters. The molecule has 0 aliphatic heterocycles. The molecule has 0 saturated heterocycles. The summed E-state index contributed by atoms with van der Waals surface area (Å²) in [6, 6.07) is 4.79. The summed E-state index contributed by atoms with van der Waals surface area (Å²) in [6.07, 6.45) is 7.52. The van der Waals surface area contributed by atoms with Gasteiger partial charge in [0.15, 0.2) is 5.01 Å². The molecule has 0 aliphatic carbocycles. The molecule has 0 spiro atoms. The summed E-state index contributed by atoms with van der Waals surface area (Å²) in [5.74, 6) is 0.0432. The molecule has 7 nitrogen and oxygen atoms in total. The van der Waals surface area contributed by atoms with Crippen molar-refractivity contribution >= 4 is 51.4 Å². The van der Waals surface area contributed by atoms with Crippen LogP contribution in [0.5, 0.6) is 0 Å². The van der Waals surface area contributed by atoms with Crippen LogP contribution in [0.3, 0.4) is 0 Å². The maximum Gasteiger partial charge on any atom is 0.265 e. The van der Waals surface area contributed by atoms with Crippen LogP contribution in [0.25, 0.3) is 22.7 Å². The maximum absolute atomic E-state index is 12.9. The molecule has 1 N–H and O–H groups in total. The third kappa shape index (κ3) is 2.96. The summed E-state index contributed by atoms with van der Waals surface area (Å²) in [5, 5.41) is 2.80. The van der Waals surface area contributed by atoms with Gasteiger partial charge in [-0.3, -0.25) is 14.2 Å². The normalized spacial score (nSPS) is 11.8. The van der Waals surface area contributed by atoms with Gasteiger partial charge < -0.3 is 4.98 Å². The van der Waals surface area contributed by atoms with Crippen molar-refractivity contribution in [1.29, 1.82) is 0 Å². The number of carbonyl (C=O) groups is 1. The van der Waals surface area contributed by atoms with Crippen LogP contribution < -0.4 is 5.56 Å². The van der Waals surface area contributed by atoms with Gasteiger partial charge in [-0.2, -0.15) is 0 Å². The number of carbonyl (C=O) groups excluding carboxylic acids is 1. The number of aromatic nitrogens is 5. The van der Waals surface area contributed by atoms with Crippen molar-refractivity contribution in [3.8, 4) is 0 Å². The molecule has 9 heteroatoms. The average molecular weight is 384 g/mol. The quantitative estimate of drug-likeness (QED) is 0.431. The van der Waals surface area contributed by atoms with Crippen molar-refractivity contribution in [1.82, 2.24) is 24.5 Å². The zero-order valence-electron chi connectivity index (χ0n) is 13.1. The third-order valence-electron chi connectivity index (χ3n) is 3.63. The number of nitrogens with zero attached hydrogens (tertiary/aromatic N) is 4. The van der Waals surface area contributed by atoms with Crippen LogP contribution in [0.15, 0.2) is 53.3 Å². The second-order valence-electron chi connectivity index (χ2n) is 5.25. The molecule has 0 aliphatic rings. The summed E-state index contributed by atoms with van der Waals surface area (Å²) in [4.78, 5) is 41.1. The Morgan fingerprint density at radius 1 is 1.23 bits per heavy atom. The Balaban J connectivity index is 1.93. The smallest absolute Gasteiger partial charge is 0.265 e. The van der Waals surface area contributed by atoms with Crippen molar-refractivity contribution < 1.29 is 4.79 Å². The number of rotatable bonds is 4. The van der Waals surface area contributed by atoms with Gasteiger partial charge in [-0.15, -0.1) is 11.3 Å². The predicted molar refractivity (Wildman–Crippen MR) is 100 cm³/mol. The molecule has 0 bridgehead atoms. The fourth-order valence-electron chi connectivity index (χ4n) is 2.44. The lowest BCUT2D eigenvalue weighted by atomic mass is 10.2. The van der Waals surface area contributed by atoms with Gasteiger partial charge in [0.25, 0.3) is 5.56 Å². The van der Waals surface area contributed by atoms with Crippen molar-refractivity contribution in [2.24, 2.45) is 0 Å². The van der Waals surface area contributed by atoms with E-state index in [1.807, 2.05) is 0 Å². The molecule has 0 saturated carbocycles. The minimum Gasteiger partial charge on any atom is -0.345 e. The SMILES string of the molecule is O=C(/C(=C/c1ncc[nH]1)n1cnc2cc(Cl)ccc2c1=O)c1nccs1. The molecule has 26 heavy (non-hydrogen) atoms. The summed E-state index contributed by atoms with van der Waals surface area (Å²) in [6.45, 7) is 0. The number of aromatic amines is 1. The fourth-order valence-corrected chi connectivity index (χ4v) is 3.19. The zero-order chi connectivity index (χ0) is 18.1. The molecule has 128 valence electrons. The van der Waals surface area contributed by atoms with Crippen LogP contribution in [0, 0.1) is 0 Å². The maximum atomic E-state index is 12.9. The number of ketones is 1. The van der Waals surface area contributed by atoms with Gasteiger partial charge >= 0.3 is 0 Å². The molecular formula is C17H10ClN5O2S. The lowest BCUT2D eigenvalue weighted by Gasteiger charge is -2.09. The molecule has 0 amide bonds. The van der Waals surface area contributed by atoms with E-state index in [9.17, 15) is 9.59 Å². The Morgan fingerprint density at radius 2 is 2.12 bits per heavy atom. The van der Waals surface area contributed by atoms with Gasteiger partial charge in [-0.1, -0.05) is 11.6 Å². The molecule has 1 aromatic carbocycles. The zero-order valence-corrected chi connectivity index (χ0v) is 14.7. The highest BCUT2D eigenvalue weighted by Gasteiger charge is 2.20. The molecule has 3 heterocycles. The van der Waals surface area contributed by atoms with E-state index in [0.717, 1.165) is 0 Å². The van der Waals surface area contributed by atoms with Crippen LogP contribution in [0.2, 0.25) is 5.02 Å².